The molecule has 2 atom stereocenters. The second kappa shape index (κ2) is 7.39. The zero-order valence-corrected chi connectivity index (χ0v) is 12.9. The fourth-order valence-electron chi connectivity index (χ4n) is 3.70. The van der Waals surface area contributed by atoms with Gasteiger partial charge in [0, 0.05) is 12.6 Å². The van der Waals surface area contributed by atoms with Gasteiger partial charge in [-0.3, -0.25) is 4.90 Å². The molecule has 116 valence electrons. The number of nitrogens with one attached hydrogen (secondary N) is 1. The average Bonchev–Trinajstić information content (AvgIpc) is 2.93. The first-order valence-corrected chi connectivity index (χ1v) is 8.47. The van der Waals surface area contributed by atoms with Crippen molar-refractivity contribution in [1.29, 1.82) is 0 Å². The van der Waals surface area contributed by atoms with Crippen molar-refractivity contribution < 1.29 is 5.11 Å². The van der Waals surface area contributed by atoms with Gasteiger partial charge in [0.15, 0.2) is 0 Å². The van der Waals surface area contributed by atoms with Crippen LogP contribution in [0.5, 0.6) is 0 Å². The topological polar surface area (TPSA) is 35.5 Å². The molecule has 1 aliphatic heterocycles. The third-order valence-electron chi connectivity index (χ3n) is 5.05. The summed E-state index contributed by atoms with van der Waals surface area (Å²) in [6, 6.07) is 11.4. The Hall–Kier alpha value is -0.900. The molecule has 0 bridgehead atoms. The Morgan fingerprint density at radius 1 is 1.05 bits per heavy atom. The number of benzene rings is 1. The lowest BCUT2D eigenvalue weighted by Gasteiger charge is -2.33. The minimum absolute atomic E-state index is 0.0375. The molecule has 1 saturated carbocycles. The van der Waals surface area contributed by atoms with E-state index in [0.29, 0.717) is 12.0 Å². The molecule has 21 heavy (non-hydrogen) atoms. The molecule has 2 N–H and O–H groups in total. The molecule has 1 aliphatic carbocycles. The Morgan fingerprint density at radius 2 is 1.81 bits per heavy atom. The number of rotatable bonds is 5. The van der Waals surface area contributed by atoms with E-state index in [9.17, 15) is 5.11 Å². The van der Waals surface area contributed by atoms with E-state index >= 15 is 0 Å². The summed E-state index contributed by atoms with van der Waals surface area (Å²) in [5.41, 5.74) is 1.42. The van der Waals surface area contributed by atoms with E-state index in [1.54, 1.807) is 0 Å². The van der Waals surface area contributed by atoms with Crippen molar-refractivity contribution in [3.63, 3.8) is 0 Å². The third-order valence-corrected chi connectivity index (χ3v) is 5.05. The molecule has 1 aromatic rings. The first-order chi connectivity index (χ1) is 10.3. The summed E-state index contributed by atoms with van der Waals surface area (Å²) < 4.78 is 0. The highest BCUT2D eigenvalue weighted by atomic mass is 16.3. The largest absolute Gasteiger partial charge is 0.393 e. The Morgan fingerprint density at radius 3 is 2.48 bits per heavy atom. The second-order valence-corrected chi connectivity index (χ2v) is 6.78. The van der Waals surface area contributed by atoms with Gasteiger partial charge in [-0.15, -0.1) is 0 Å². The summed E-state index contributed by atoms with van der Waals surface area (Å²) in [6.45, 7) is 4.57. The first kappa shape index (κ1) is 15.0. The van der Waals surface area contributed by atoms with E-state index in [1.165, 1.54) is 37.9 Å². The normalized spacial score (nSPS) is 28.0. The summed E-state index contributed by atoms with van der Waals surface area (Å²) in [7, 11) is 0. The van der Waals surface area contributed by atoms with Crippen LogP contribution in [0.4, 0.5) is 0 Å². The summed E-state index contributed by atoms with van der Waals surface area (Å²) >= 11 is 0. The van der Waals surface area contributed by atoms with Gasteiger partial charge in [-0.1, -0.05) is 30.3 Å². The van der Waals surface area contributed by atoms with E-state index in [1.807, 2.05) is 0 Å². The number of hydrogen-bond acceptors (Lipinski definition) is 3. The van der Waals surface area contributed by atoms with Crippen LogP contribution in [0.15, 0.2) is 30.3 Å². The Kier molecular flexibility index (Phi) is 5.28. The van der Waals surface area contributed by atoms with Crippen molar-refractivity contribution in [2.45, 2.75) is 50.8 Å². The summed E-state index contributed by atoms with van der Waals surface area (Å²) in [5, 5.41) is 13.3. The van der Waals surface area contributed by atoms with Gasteiger partial charge < -0.3 is 10.4 Å². The van der Waals surface area contributed by atoms with Crippen molar-refractivity contribution in [3.8, 4) is 0 Å². The van der Waals surface area contributed by atoms with E-state index < -0.39 is 0 Å². The van der Waals surface area contributed by atoms with Crippen molar-refractivity contribution in [2.75, 3.05) is 19.6 Å². The SMILES string of the molecule is OC1CCC(CNC2CCN(Cc3ccccc3)CC2)C1. The lowest BCUT2D eigenvalue weighted by atomic mass is 10.0. The second-order valence-electron chi connectivity index (χ2n) is 6.78. The average molecular weight is 288 g/mol. The minimum Gasteiger partial charge on any atom is -0.393 e. The molecule has 3 nitrogen and oxygen atoms in total. The molecule has 3 rings (SSSR count). The van der Waals surface area contributed by atoms with Crippen LogP contribution >= 0.6 is 0 Å². The third kappa shape index (κ3) is 4.53. The van der Waals surface area contributed by atoms with Crippen LogP contribution in [0.2, 0.25) is 0 Å². The molecule has 0 amide bonds. The summed E-state index contributed by atoms with van der Waals surface area (Å²) in [5.74, 6) is 0.697. The van der Waals surface area contributed by atoms with Gasteiger partial charge in [-0.25, -0.2) is 0 Å². The number of nitrogens with zero attached hydrogens (tertiary/aromatic N) is 1. The van der Waals surface area contributed by atoms with Crippen LogP contribution in [-0.2, 0) is 6.54 Å². The fourth-order valence-corrected chi connectivity index (χ4v) is 3.70. The first-order valence-electron chi connectivity index (χ1n) is 8.47. The summed E-state index contributed by atoms with van der Waals surface area (Å²) in [6.07, 6.45) is 5.66. The Labute approximate surface area is 128 Å². The molecule has 2 fully saturated rings. The van der Waals surface area contributed by atoms with Crippen LogP contribution in [0.3, 0.4) is 0 Å². The number of aliphatic hydroxyl groups excluding tert-OH is 1. The molecule has 3 heteroatoms. The number of hydrogen-bond donors (Lipinski definition) is 2. The number of piperidine rings is 1. The van der Waals surface area contributed by atoms with Crippen LogP contribution in [-0.4, -0.2) is 41.8 Å². The lowest BCUT2D eigenvalue weighted by Crippen LogP contribution is -2.43. The zero-order valence-electron chi connectivity index (χ0n) is 12.9. The summed E-state index contributed by atoms with van der Waals surface area (Å²) in [4.78, 5) is 2.56. The highest BCUT2D eigenvalue weighted by Gasteiger charge is 2.24. The van der Waals surface area contributed by atoms with Gasteiger partial charge in [0.2, 0.25) is 0 Å². The van der Waals surface area contributed by atoms with Crippen LogP contribution < -0.4 is 5.32 Å². The molecule has 0 radical (unpaired) electrons. The minimum atomic E-state index is -0.0375. The highest BCUT2D eigenvalue weighted by molar-refractivity contribution is 5.14. The Bertz CT molecular complexity index is 414. The molecule has 1 heterocycles. The fraction of sp³-hybridized carbons (Fsp3) is 0.667. The smallest absolute Gasteiger partial charge is 0.0543 e. The molecule has 2 unspecified atom stereocenters. The van der Waals surface area contributed by atoms with Crippen molar-refractivity contribution in [2.24, 2.45) is 5.92 Å². The Balaban J connectivity index is 1.35. The van der Waals surface area contributed by atoms with Crippen molar-refractivity contribution in [3.05, 3.63) is 35.9 Å². The van der Waals surface area contributed by atoms with Gasteiger partial charge in [0.1, 0.15) is 0 Å². The monoisotopic (exact) mass is 288 g/mol. The lowest BCUT2D eigenvalue weighted by molar-refractivity contribution is 0.172. The number of likely N-dealkylation sites (tertiary alicyclic amines) is 1. The molecular weight excluding hydrogens is 260 g/mol. The molecular formula is C18H28N2O. The van der Waals surface area contributed by atoms with Crippen LogP contribution in [0.25, 0.3) is 0 Å². The van der Waals surface area contributed by atoms with E-state index in [0.717, 1.165) is 25.9 Å². The van der Waals surface area contributed by atoms with Gasteiger partial charge in [0.05, 0.1) is 6.10 Å². The molecule has 1 aromatic carbocycles. The molecule has 0 aromatic heterocycles. The maximum atomic E-state index is 9.58. The number of aliphatic hydroxyl groups is 1. The van der Waals surface area contributed by atoms with Crippen molar-refractivity contribution >= 4 is 0 Å². The maximum Gasteiger partial charge on any atom is 0.0543 e. The maximum absolute atomic E-state index is 9.58. The quantitative estimate of drug-likeness (QED) is 0.873. The standard InChI is InChI=1S/C18H28N2O/c21-18-7-6-16(12-18)13-19-17-8-10-20(11-9-17)14-15-4-2-1-3-5-15/h1-5,16-19,21H,6-14H2. The predicted molar refractivity (Wildman–Crippen MR) is 86.1 cm³/mol. The van der Waals surface area contributed by atoms with Gasteiger partial charge in [0.25, 0.3) is 0 Å². The predicted octanol–water partition coefficient (Wildman–Crippen LogP) is 2.40. The molecule has 2 aliphatic rings. The molecule has 0 spiro atoms. The highest BCUT2D eigenvalue weighted by Crippen LogP contribution is 2.25. The van der Waals surface area contributed by atoms with Gasteiger partial charge in [-0.05, 0) is 63.2 Å². The van der Waals surface area contributed by atoms with E-state index in [4.69, 9.17) is 0 Å². The molecule has 1 saturated heterocycles. The van der Waals surface area contributed by atoms with E-state index in [-0.39, 0.29) is 6.10 Å². The van der Waals surface area contributed by atoms with Gasteiger partial charge in [-0.2, -0.15) is 0 Å². The zero-order chi connectivity index (χ0) is 14.5. The van der Waals surface area contributed by atoms with E-state index in [2.05, 4.69) is 40.5 Å². The van der Waals surface area contributed by atoms with Crippen LogP contribution in [0, 0.1) is 5.92 Å². The van der Waals surface area contributed by atoms with Crippen LogP contribution in [0.1, 0.15) is 37.7 Å². The van der Waals surface area contributed by atoms with Gasteiger partial charge >= 0.3 is 0 Å². The van der Waals surface area contributed by atoms with Crippen molar-refractivity contribution in [1.82, 2.24) is 10.2 Å².